The van der Waals surface area contributed by atoms with Crippen molar-refractivity contribution in [2.24, 2.45) is 5.14 Å². The SMILES string of the molecule is NS(=O)(=O)c1ccc(CN2CCC3(CC2)OCCO3)c(F)c1. The number of likely N-dealkylation sites (tertiary alicyclic amines) is 1. The van der Waals surface area contributed by atoms with Gasteiger partial charge < -0.3 is 9.47 Å². The highest BCUT2D eigenvalue weighted by Crippen LogP contribution is 2.31. The molecule has 0 amide bonds. The molecule has 0 aliphatic carbocycles. The third-order valence-electron chi connectivity index (χ3n) is 4.18. The highest BCUT2D eigenvalue weighted by molar-refractivity contribution is 7.89. The monoisotopic (exact) mass is 330 g/mol. The van der Waals surface area contributed by atoms with Gasteiger partial charge in [0, 0.05) is 38.0 Å². The van der Waals surface area contributed by atoms with E-state index in [9.17, 15) is 12.8 Å². The summed E-state index contributed by atoms with van der Waals surface area (Å²) in [6, 6.07) is 3.78. The lowest BCUT2D eigenvalue weighted by atomic mass is 10.0. The molecular formula is C14H19FN2O4S. The van der Waals surface area contributed by atoms with Gasteiger partial charge in [0.2, 0.25) is 10.0 Å². The lowest BCUT2D eigenvalue weighted by molar-refractivity contribution is -0.185. The van der Waals surface area contributed by atoms with Crippen LogP contribution in [0.1, 0.15) is 18.4 Å². The first-order valence-electron chi connectivity index (χ1n) is 7.20. The fraction of sp³-hybridized carbons (Fsp3) is 0.571. The van der Waals surface area contributed by atoms with Crippen LogP contribution in [0.2, 0.25) is 0 Å². The molecule has 2 aliphatic rings. The maximum absolute atomic E-state index is 14.0. The zero-order valence-electron chi connectivity index (χ0n) is 12.1. The van der Waals surface area contributed by atoms with Gasteiger partial charge in [0.15, 0.2) is 5.79 Å². The molecule has 2 saturated heterocycles. The van der Waals surface area contributed by atoms with Gasteiger partial charge in [0.05, 0.1) is 18.1 Å². The number of piperidine rings is 1. The van der Waals surface area contributed by atoms with Gasteiger partial charge in [-0.15, -0.1) is 0 Å². The largest absolute Gasteiger partial charge is 0.347 e. The number of hydrogen-bond acceptors (Lipinski definition) is 5. The molecule has 0 bridgehead atoms. The van der Waals surface area contributed by atoms with Crippen molar-refractivity contribution < 1.29 is 22.3 Å². The third kappa shape index (κ3) is 3.31. The van der Waals surface area contributed by atoms with Crippen LogP contribution in [0.4, 0.5) is 4.39 Å². The van der Waals surface area contributed by atoms with E-state index in [0.717, 1.165) is 32.0 Å². The molecule has 1 aromatic carbocycles. The van der Waals surface area contributed by atoms with Crippen molar-refractivity contribution in [3.8, 4) is 0 Å². The fourth-order valence-corrected chi connectivity index (χ4v) is 3.44. The van der Waals surface area contributed by atoms with Gasteiger partial charge in [-0.25, -0.2) is 17.9 Å². The Morgan fingerprint density at radius 2 is 1.86 bits per heavy atom. The third-order valence-corrected chi connectivity index (χ3v) is 5.09. The van der Waals surface area contributed by atoms with Crippen molar-refractivity contribution in [3.63, 3.8) is 0 Å². The average Bonchev–Trinajstić information content (AvgIpc) is 2.91. The van der Waals surface area contributed by atoms with Gasteiger partial charge in [0.1, 0.15) is 5.82 Å². The van der Waals surface area contributed by atoms with Gasteiger partial charge in [-0.3, -0.25) is 4.90 Å². The summed E-state index contributed by atoms with van der Waals surface area (Å²) in [5, 5.41) is 4.99. The van der Waals surface area contributed by atoms with Crippen molar-refractivity contribution in [2.75, 3.05) is 26.3 Å². The first-order chi connectivity index (χ1) is 10.4. The average molecular weight is 330 g/mol. The van der Waals surface area contributed by atoms with Gasteiger partial charge in [-0.05, 0) is 12.1 Å². The van der Waals surface area contributed by atoms with Gasteiger partial charge >= 0.3 is 0 Å². The first kappa shape index (κ1) is 15.8. The van der Waals surface area contributed by atoms with E-state index in [1.807, 2.05) is 0 Å². The number of rotatable bonds is 3. The van der Waals surface area contributed by atoms with Crippen molar-refractivity contribution in [2.45, 2.75) is 30.1 Å². The number of sulfonamides is 1. The lowest BCUT2D eigenvalue weighted by Gasteiger charge is -2.37. The molecule has 2 N–H and O–H groups in total. The second-order valence-electron chi connectivity index (χ2n) is 5.68. The van der Waals surface area contributed by atoms with Crippen LogP contribution < -0.4 is 5.14 Å². The van der Waals surface area contributed by atoms with E-state index in [2.05, 4.69) is 4.90 Å². The van der Waals surface area contributed by atoms with Crippen molar-refractivity contribution in [1.82, 2.24) is 4.90 Å². The van der Waals surface area contributed by atoms with Crippen LogP contribution in [-0.2, 0) is 26.0 Å². The maximum Gasteiger partial charge on any atom is 0.238 e. The summed E-state index contributed by atoms with van der Waals surface area (Å²) in [5.74, 6) is -1.01. The Balaban J connectivity index is 1.64. The maximum atomic E-state index is 14.0. The molecule has 8 heteroatoms. The molecule has 0 saturated carbocycles. The molecule has 6 nitrogen and oxygen atoms in total. The number of halogens is 1. The number of hydrogen-bond donors (Lipinski definition) is 1. The Labute approximate surface area is 129 Å². The van der Waals surface area contributed by atoms with Gasteiger partial charge in [-0.2, -0.15) is 0 Å². The minimum Gasteiger partial charge on any atom is -0.347 e. The molecule has 22 heavy (non-hydrogen) atoms. The molecule has 3 rings (SSSR count). The molecule has 1 aromatic rings. The van der Waals surface area contributed by atoms with E-state index in [4.69, 9.17) is 14.6 Å². The quantitative estimate of drug-likeness (QED) is 0.887. The highest BCUT2D eigenvalue weighted by Gasteiger charge is 2.39. The molecule has 1 spiro atoms. The second kappa shape index (κ2) is 5.86. The molecular weight excluding hydrogens is 311 g/mol. The summed E-state index contributed by atoms with van der Waals surface area (Å²) < 4.78 is 47.7. The van der Waals surface area contributed by atoms with Crippen molar-refractivity contribution >= 4 is 10.0 Å². The topological polar surface area (TPSA) is 81.9 Å². The molecule has 2 aliphatic heterocycles. The zero-order chi connectivity index (χ0) is 15.8. The van der Waals surface area contributed by atoms with Crippen LogP contribution in [0, 0.1) is 5.82 Å². The van der Waals surface area contributed by atoms with Crippen LogP contribution in [0.25, 0.3) is 0 Å². The lowest BCUT2D eigenvalue weighted by Crippen LogP contribution is -2.44. The van der Waals surface area contributed by atoms with E-state index in [1.54, 1.807) is 0 Å². The summed E-state index contributed by atoms with van der Waals surface area (Å²) in [7, 11) is -3.88. The Bertz CT molecular complexity index is 649. The number of nitrogens with zero attached hydrogens (tertiary/aromatic N) is 1. The molecule has 0 radical (unpaired) electrons. The second-order valence-corrected chi connectivity index (χ2v) is 7.24. The number of benzene rings is 1. The van der Waals surface area contributed by atoms with E-state index >= 15 is 0 Å². The summed E-state index contributed by atoms with van der Waals surface area (Å²) in [6.07, 6.45) is 1.51. The van der Waals surface area contributed by atoms with Crippen molar-refractivity contribution in [1.29, 1.82) is 0 Å². The Hall–Kier alpha value is -1.06. The zero-order valence-corrected chi connectivity index (χ0v) is 12.9. The normalized spacial score (nSPS) is 22.3. The fourth-order valence-electron chi connectivity index (χ4n) is 2.91. The van der Waals surface area contributed by atoms with Crippen molar-refractivity contribution in [3.05, 3.63) is 29.6 Å². The Kier molecular flexibility index (Phi) is 4.21. The molecule has 2 heterocycles. The summed E-state index contributed by atoms with van der Waals surface area (Å²) in [4.78, 5) is 1.89. The number of primary sulfonamides is 1. The predicted octanol–water partition coefficient (Wildman–Crippen LogP) is 0.812. The van der Waals surface area contributed by atoms with E-state index < -0.39 is 21.6 Å². The van der Waals surface area contributed by atoms with Gasteiger partial charge in [-0.1, -0.05) is 6.07 Å². The summed E-state index contributed by atoms with van der Waals surface area (Å²) in [6.45, 7) is 3.17. The predicted molar refractivity (Wildman–Crippen MR) is 76.9 cm³/mol. The number of ether oxygens (including phenoxy) is 2. The first-order valence-corrected chi connectivity index (χ1v) is 8.74. The highest BCUT2D eigenvalue weighted by atomic mass is 32.2. The smallest absolute Gasteiger partial charge is 0.238 e. The van der Waals surface area contributed by atoms with E-state index in [0.29, 0.717) is 25.3 Å². The van der Waals surface area contributed by atoms with Crippen LogP contribution in [-0.4, -0.2) is 45.4 Å². The molecule has 2 fully saturated rings. The van der Waals surface area contributed by atoms with E-state index in [-0.39, 0.29) is 4.90 Å². The minimum absolute atomic E-state index is 0.209. The molecule has 0 aromatic heterocycles. The van der Waals surface area contributed by atoms with Crippen LogP contribution >= 0.6 is 0 Å². The Morgan fingerprint density at radius 1 is 1.23 bits per heavy atom. The minimum atomic E-state index is -3.88. The number of nitrogens with two attached hydrogens (primary N) is 1. The Morgan fingerprint density at radius 3 is 2.41 bits per heavy atom. The summed E-state index contributed by atoms with van der Waals surface area (Å²) in [5.41, 5.74) is 0.455. The van der Waals surface area contributed by atoms with Crippen LogP contribution in [0.15, 0.2) is 23.1 Å². The van der Waals surface area contributed by atoms with Gasteiger partial charge in [0.25, 0.3) is 0 Å². The van der Waals surface area contributed by atoms with Crippen LogP contribution in [0.5, 0.6) is 0 Å². The molecule has 0 atom stereocenters. The van der Waals surface area contributed by atoms with E-state index in [1.165, 1.54) is 12.1 Å². The summed E-state index contributed by atoms with van der Waals surface area (Å²) >= 11 is 0. The standard InChI is InChI=1S/C14H19FN2O4S/c15-13-9-12(22(16,18)19)2-1-11(13)10-17-5-3-14(4-6-17)20-7-8-21-14/h1-2,9H,3-8,10H2,(H2,16,18,19). The van der Waals surface area contributed by atoms with Crippen LogP contribution in [0.3, 0.4) is 0 Å². The molecule has 122 valence electrons. The molecule has 0 unspecified atom stereocenters.